The molecule has 6 nitrogen and oxygen atoms in total. The van der Waals surface area contributed by atoms with Crippen molar-refractivity contribution >= 4 is 20.9 Å². The Labute approximate surface area is 124 Å². The monoisotopic (exact) mass is 311 g/mol. The largest absolute Gasteiger partial charge is 0.284 e. The van der Waals surface area contributed by atoms with E-state index in [0.717, 1.165) is 17.6 Å². The van der Waals surface area contributed by atoms with Crippen LogP contribution in [0.3, 0.4) is 0 Å². The number of nitrogens with zero attached hydrogens (tertiary/aromatic N) is 1. The van der Waals surface area contributed by atoms with Crippen LogP contribution in [0.1, 0.15) is 26.3 Å². The lowest BCUT2D eigenvalue weighted by atomic mass is 10.1. The molecular formula is C14H21N3O3S. The Bertz CT molecular complexity index is 802. The first-order valence-corrected chi connectivity index (χ1v) is 8.52. The predicted octanol–water partition coefficient (Wildman–Crippen LogP) is 1.21. The van der Waals surface area contributed by atoms with Gasteiger partial charge in [0.25, 0.3) is 5.56 Å². The van der Waals surface area contributed by atoms with Gasteiger partial charge in [0.2, 0.25) is 10.0 Å². The normalized spacial score (nSPS) is 14.0. The molecule has 2 aromatic rings. The van der Waals surface area contributed by atoms with Gasteiger partial charge in [0.05, 0.1) is 16.2 Å². The molecule has 116 valence electrons. The van der Waals surface area contributed by atoms with E-state index in [1.54, 1.807) is 13.0 Å². The van der Waals surface area contributed by atoms with Crippen LogP contribution < -0.4 is 10.7 Å². The van der Waals surface area contributed by atoms with E-state index >= 15 is 0 Å². The molecule has 0 spiro atoms. The fraction of sp³-hybridized carbons (Fsp3) is 0.500. The summed E-state index contributed by atoms with van der Waals surface area (Å²) in [7, 11) is -3.57. The van der Waals surface area contributed by atoms with E-state index in [4.69, 9.17) is 5.14 Å². The average molecular weight is 311 g/mol. The highest BCUT2D eigenvalue weighted by Crippen LogP contribution is 2.16. The van der Waals surface area contributed by atoms with E-state index < -0.39 is 15.3 Å². The quantitative estimate of drug-likeness (QED) is 0.868. The fourth-order valence-corrected chi connectivity index (χ4v) is 2.75. The van der Waals surface area contributed by atoms with Crippen molar-refractivity contribution in [3.05, 3.63) is 34.1 Å². The Hall–Kier alpha value is -1.60. The molecule has 1 aromatic heterocycles. The number of primary sulfonamides is 1. The molecule has 0 bridgehead atoms. The molecule has 0 saturated carbocycles. The number of benzene rings is 1. The van der Waals surface area contributed by atoms with Gasteiger partial charge in [-0.25, -0.2) is 13.6 Å². The molecule has 0 saturated heterocycles. The van der Waals surface area contributed by atoms with Crippen molar-refractivity contribution in [3.8, 4) is 0 Å². The van der Waals surface area contributed by atoms with Gasteiger partial charge in [-0.05, 0) is 37.0 Å². The highest BCUT2D eigenvalue weighted by atomic mass is 32.2. The minimum atomic E-state index is -3.57. The summed E-state index contributed by atoms with van der Waals surface area (Å²) in [5, 5.41) is 7.85. The van der Waals surface area contributed by atoms with Crippen LogP contribution in [0.5, 0.6) is 0 Å². The highest BCUT2D eigenvalue weighted by molar-refractivity contribution is 7.89. The van der Waals surface area contributed by atoms with Gasteiger partial charge < -0.3 is 0 Å². The molecule has 21 heavy (non-hydrogen) atoms. The van der Waals surface area contributed by atoms with Crippen molar-refractivity contribution in [2.24, 2.45) is 11.1 Å². The first kappa shape index (κ1) is 15.8. The van der Waals surface area contributed by atoms with Crippen molar-refractivity contribution in [2.75, 3.05) is 0 Å². The Morgan fingerprint density at radius 2 is 1.95 bits per heavy atom. The number of hydrogen-bond acceptors (Lipinski definition) is 3. The smallest absolute Gasteiger partial charge is 0.271 e. The number of fused-ring (bicyclic) bond motifs is 1. The van der Waals surface area contributed by atoms with Gasteiger partial charge in [-0.15, -0.1) is 0 Å². The summed E-state index contributed by atoms with van der Waals surface area (Å²) in [6.07, 6.45) is 0.295. The summed E-state index contributed by atoms with van der Waals surface area (Å²) in [5.41, 5.74) is 1.47. The van der Waals surface area contributed by atoms with Crippen LogP contribution in [0.25, 0.3) is 10.9 Å². The Morgan fingerprint density at radius 1 is 1.29 bits per heavy atom. The lowest BCUT2D eigenvalue weighted by Crippen LogP contribution is -2.27. The number of H-pyrrole nitrogens is 1. The highest BCUT2D eigenvalue weighted by Gasteiger charge is 2.17. The third-order valence-corrected chi connectivity index (χ3v) is 4.75. The molecule has 1 aromatic carbocycles. The molecule has 7 heteroatoms. The van der Waals surface area contributed by atoms with Crippen LogP contribution in [0, 0.1) is 5.92 Å². The Morgan fingerprint density at radius 3 is 2.52 bits per heavy atom. The SMILES string of the molecule is CC(C)Cn1[nH]c(=O)c2cc(CC(C)S(N)(=O)=O)ccc21. The zero-order chi connectivity index (χ0) is 15.8. The summed E-state index contributed by atoms with van der Waals surface area (Å²) < 4.78 is 24.4. The molecule has 0 radical (unpaired) electrons. The Balaban J connectivity index is 2.39. The van der Waals surface area contributed by atoms with Gasteiger partial charge in [0.15, 0.2) is 0 Å². The minimum absolute atomic E-state index is 0.157. The van der Waals surface area contributed by atoms with Crippen LogP contribution in [-0.4, -0.2) is 23.4 Å². The zero-order valence-electron chi connectivity index (χ0n) is 12.5. The van der Waals surface area contributed by atoms with Gasteiger partial charge in [-0.3, -0.25) is 14.6 Å². The van der Waals surface area contributed by atoms with Crippen LogP contribution >= 0.6 is 0 Å². The number of aromatic nitrogens is 2. The van der Waals surface area contributed by atoms with Crippen LogP contribution in [-0.2, 0) is 23.0 Å². The van der Waals surface area contributed by atoms with Crippen LogP contribution in [0.15, 0.2) is 23.0 Å². The first-order chi connectivity index (χ1) is 9.68. The van der Waals surface area contributed by atoms with E-state index in [0.29, 0.717) is 17.7 Å². The predicted molar refractivity (Wildman–Crippen MR) is 83.7 cm³/mol. The molecule has 1 atom stereocenters. The number of rotatable bonds is 5. The molecular weight excluding hydrogens is 290 g/mol. The number of aromatic amines is 1. The molecule has 0 aliphatic heterocycles. The summed E-state index contributed by atoms with van der Waals surface area (Å²) in [6, 6.07) is 5.43. The van der Waals surface area contributed by atoms with Gasteiger partial charge in [0, 0.05) is 6.54 Å². The average Bonchev–Trinajstić information content (AvgIpc) is 2.64. The van der Waals surface area contributed by atoms with Crippen molar-refractivity contribution < 1.29 is 8.42 Å². The topological polar surface area (TPSA) is 97.9 Å². The molecule has 3 N–H and O–H groups in total. The Kier molecular flexibility index (Phi) is 4.25. The summed E-state index contributed by atoms with van der Waals surface area (Å²) in [5.74, 6) is 0.415. The van der Waals surface area contributed by atoms with E-state index in [1.165, 1.54) is 0 Å². The molecule has 1 heterocycles. The molecule has 0 amide bonds. The lowest BCUT2D eigenvalue weighted by molar-refractivity contribution is 0.492. The number of nitrogens with two attached hydrogens (primary N) is 1. The zero-order valence-corrected chi connectivity index (χ0v) is 13.3. The molecule has 0 aliphatic rings. The first-order valence-electron chi connectivity index (χ1n) is 6.91. The van der Waals surface area contributed by atoms with Gasteiger partial charge in [-0.2, -0.15) is 0 Å². The molecule has 0 aliphatic carbocycles. The maximum Gasteiger partial charge on any atom is 0.271 e. The van der Waals surface area contributed by atoms with E-state index in [1.807, 2.05) is 16.8 Å². The minimum Gasteiger partial charge on any atom is -0.284 e. The maximum atomic E-state index is 12.0. The molecule has 1 unspecified atom stereocenters. The summed E-state index contributed by atoms with van der Waals surface area (Å²) in [4.78, 5) is 12.0. The molecule has 2 rings (SSSR count). The van der Waals surface area contributed by atoms with Crippen molar-refractivity contribution in [1.82, 2.24) is 9.78 Å². The van der Waals surface area contributed by atoms with Gasteiger partial charge >= 0.3 is 0 Å². The van der Waals surface area contributed by atoms with Crippen LogP contribution in [0.2, 0.25) is 0 Å². The number of sulfonamides is 1. The van der Waals surface area contributed by atoms with Gasteiger partial charge in [0.1, 0.15) is 0 Å². The van der Waals surface area contributed by atoms with E-state index in [-0.39, 0.29) is 5.56 Å². The summed E-state index contributed by atoms with van der Waals surface area (Å²) >= 11 is 0. The number of nitrogens with one attached hydrogen (secondary N) is 1. The van der Waals surface area contributed by atoms with Gasteiger partial charge in [-0.1, -0.05) is 19.9 Å². The van der Waals surface area contributed by atoms with E-state index in [9.17, 15) is 13.2 Å². The van der Waals surface area contributed by atoms with Crippen molar-refractivity contribution in [1.29, 1.82) is 0 Å². The molecule has 0 fully saturated rings. The van der Waals surface area contributed by atoms with Crippen molar-refractivity contribution in [3.63, 3.8) is 0 Å². The van der Waals surface area contributed by atoms with Crippen molar-refractivity contribution in [2.45, 2.75) is 39.0 Å². The second kappa shape index (κ2) is 5.65. The standard InChI is InChI=1S/C14H21N3O3S/c1-9(2)8-17-13-5-4-11(6-10(3)21(15,19)20)7-12(13)14(18)16-17/h4-5,7,9-10H,6,8H2,1-3H3,(H,16,18)(H2,15,19,20). The third-order valence-electron chi connectivity index (χ3n) is 3.46. The number of hydrogen-bond donors (Lipinski definition) is 2. The van der Waals surface area contributed by atoms with Crippen LogP contribution in [0.4, 0.5) is 0 Å². The van der Waals surface area contributed by atoms with E-state index in [2.05, 4.69) is 18.9 Å². The third kappa shape index (κ3) is 3.54. The maximum absolute atomic E-state index is 12.0. The summed E-state index contributed by atoms with van der Waals surface area (Å²) in [6.45, 7) is 6.44. The lowest BCUT2D eigenvalue weighted by Gasteiger charge is -2.10. The second-order valence-electron chi connectivity index (χ2n) is 5.90. The fourth-order valence-electron chi connectivity index (χ4n) is 2.33. The second-order valence-corrected chi connectivity index (χ2v) is 7.88.